The van der Waals surface area contributed by atoms with Gasteiger partial charge in [-0.2, -0.15) is 0 Å². The van der Waals surface area contributed by atoms with E-state index < -0.39 is 0 Å². The van der Waals surface area contributed by atoms with Gasteiger partial charge < -0.3 is 11.1 Å². The molecule has 1 aromatic carbocycles. The number of nitrogens with one attached hydrogen (secondary N) is 1. The van der Waals surface area contributed by atoms with Crippen LogP contribution in [0.15, 0.2) is 35.3 Å². The van der Waals surface area contributed by atoms with Crippen molar-refractivity contribution in [1.29, 1.82) is 0 Å². The highest BCUT2D eigenvalue weighted by Gasteiger charge is 1.87. The second kappa shape index (κ2) is 10.2. The molecular formula is C13H23N3. The monoisotopic (exact) mass is 221 g/mol. The zero-order valence-electron chi connectivity index (χ0n) is 10.5. The number of nitrogens with two attached hydrogens (primary N) is 1. The van der Waals surface area contributed by atoms with Crippen LogP contribution in [-0.2, 0) is 6.42 Å². The van der Waals surface area contributed by atoms with Crippen LogP contribution < -0.4 is 11.1 Å². The van der Waals surface area contributed by atoms with E-state index in [1.54, 1.807) is 0 Å². The fourth-order valence-electron chi connectivity index (χ4n) is 0.913. The average Bonchev–Trinajstić information content (AvgIpc) is 2.31. The summed E-state index contributed by atoms with van der Waals surface area (Å²) < 4.78 is 0. The maximum atomic E-state index is 5.10. The Hall–Kier alpha value is -1.35. The minimum atomic E-state index is 0.634. The molecule has 0 spiro atoms. The van der Waals surface area contributed by atoms with Crippen molar-refractivity contribution in [3.05, 3.63) is 35.9 Å². The van der Waals surface area contributed by atoms with Gasteiger partial charge in [-0.05, 0) is 19.0 Å². The van der Waals surface area contributed by atoms with E-state index in [2.05, 4.69) is 36.3 Å². The molecule has 3 N–H and O–H groups in total. The lowest BCUT2D eigenvalue weighted by Crippen LogP contribution is -2.15. The molecule has 0 heterocycles. The van der Waals surface area contributed by atoms with Gasteiger partial charge in [0.05, 0.1) is 6.34 Å². The van der Waals surface area contributed by atoms with E-state index in [0.717, 1.165) is 13.0 Å². The summed E-state index contributed by atoms with van der Waals surface area (Å²) in [4.78, 5) is 3.92. The highest BCUT2D eigenvalue weighted by Crippen LogP contribution is 1.98. The van der Waals surface area contributed by atoms with Crippen LogP contribution in [0.3, 0.4) is 0 Å². The number of nitrogens with zero attached hydrogens (tertiary/aromatic N) is 1. The van der Waals surface area contributed by atoms with Gasteiger partial charge in [-0.1, -0.05) is 44.2 Å². The lowest BCUT2D eigenvalue weighted by molar-refractivity contribution is 0.668. The van der Waals surface area contributed by atoms with Crippen molar-refractivity contribution < 1.29 is 0 Å². The number of rotatable bonds is 4. The summed E-state index contributed by atoms with van der Waals surface area (Å²) >= 11 is 0. The number of hydrogen-bond acceptors (Lipinski definition) is 2. The molecule has 90 valence electrons. The van der Waals surface area contributed by atoms with Crippen molar-refractivity contribution in [2.24, 2.45) is 10.7 Å². The van der Waals surface area contributed by atoms with Gasteiger partial charge in [0.25, 0.3) is 0 Å². The van der Waals surface area contributed by atoms with Crippen LogP contribution in [0, 0.1) is 0 Å². The lowest BCUT2D eigenvalue weighted by Gasteiger charge is -1.95. The highest BCUT2D eigenvalue weighted by atomic mass is 14.8. The van der Waals surface area contributed by atoms with E-state index >= 15 is 0 Å². The van der Waals surface area contributed by atoms with Gasteiger partial charge in [0, 0.05) is 12.6 Å². The summed E-state index contributed by atoms with van der Waals surface area (Å²) in [6, 6.07) is 10.9. The minimum Gasteiger partial charge on any atom is -0.390 e. The summed E-state index contributed by atoms with van der Waals surface area (Å²) in [6.45, 7) is 5.00. The molecule has 0 bridgehead atoms. The molecule has 0 unspecified atom stereocenters. The van der Waals surface area contributed by atoms with Crippen LogP contribution in [0.4, 0.5) is 0 Å². The molecule has 0 saturated heterocycles. The summed E-state index contributed by atoms with van der Waals surface area (Å²) in [6.07, 6.45) is 2.32. The van der Waals surface area contributed by atoms with Gasteiger partial charge in [-0.3, -0.25) is 4.99 Å². The molecular weight excluding hydrogens is 198 g/mol. The predicted octanol–water partition coefficient (Wildman–Crippen LogP) is 1.83. The van der Waals surface area contributed by atoms with Gasteiger partial charge in [0.15, 0.2) is 0 Å². The summed E-state index contributed by atoms with van der Waals surface area (Å²) in [5.74, 6) is 0. The third-order valence-electron chi connectivity index (χ3n) is 2.06. The number of aliphatic imine (C=N–C) groups is 1. The molecule has 0 aliphatic rings. The quantitative estimate of drug-likeness (QED) is 0.602. The number of hydrogen-bond donors (Lipinski definition) is 2. The zero-order chi connectivity index (χ0) is 12.2. The van der Waals surface area contributed by atoms with Crippen molar-refractivity contribution in [2.75, 3.05) is 13.6 Å². The van der Waals surface area contributed by atoms with Gasteiger partial charge in [0.2, 0.25) is 0 Å². The normalized spacial score (nSPS) is 10.2. The van der Waals surface area contributed by atoms with Gasteiger partial charge >= 0.3 is 0 Å². The Bertz CT molecular complexity index is 268. The molecule has 3 nitrogen and oxygen atoms in total. The van der Waals surface area contributed by atoms with Crippen LogP contribution in [-0.4, -0.2) is 26.0 Å². The molecule has 0 radical (unpaired) electrons. The van der Waals surface area contributed by atoms with Crippen LogP contribution >= 0.6 is 0 Å². The van der Waals surface area contributed by atoms with Crippen molar-refractivity contribution >= 4 is 6.34 Å². The minimum absolute atomic E-state index is 0.634. The second-order valence-electron chi connectivity index (χ2n) is 3.73. The SMILES string of the molecule is CNC(C)C.NC=NCCc1ccccc1. The van der Waals surface area contributed by atoms with Gasteiger partial charge in [0.1, 0.15) is 0 Å². The standard InChI is InChI=1S/C9H12N2.C4H11N/c10-8-11-7-6-9-4-2-1-3-5-9;1-4(2)5-3/h1-5,8H,6-7H2,(H2,10,11);4-5H,1-3H3. The lowest BCUT2D eigenvalue weighted by atomic mass is 10.2. The molecule has 1 rings (SSSR count). The van der Waals surface area contributed by atoms with E-state index in [1.807, 2.05) is 25.2 Å². The van der Waals surface area contributed by atoms with Gasteiger partial charge in [-0.25, -0.2) is 0 Å². The third kappa shape index (κ3) is 9.21. The Balaban J connectivity index is 0.000000385. The maximum absolute atomic E-state index is 5.10. The second-order valence-corrected chi connectivity index (χ2v) is 3.73. The smallest absolute Gasteiger partial charge is 0.0797 e. The molecule has 0 atom stereocenters. The molecule has 1 aromatic rings. The Morgan fingerprint density at radius 1 is 1.31 bits per heavy atom. The highest BCUT2D eigenvalue weighted by molar-refractivity contribution is 5.51. The van der Waals surface area contributed by atoms with Crippen molar-refractivity contribution in [1.82, 2.24) is 5.32 Å². The number of benzene rings is 1. The summed E-state index contributed by atoms with van der Waals surface area (Å²) in [5, 5.41) is 3.03. The van der Waals surface area contributed by atoms with Crippen molar-refractivity contribution in [3.63, 3.8) is 0 Å². The van der Waals surface area contributed by atoms with Crippen molar-refractivity contribution in [2.45, 2.75) is 26.3 Å². The zero-order valence-corrected chi connectivity index (χ0v) is 10.5. The molecule has 0 aliphatic carbocycles. The topological polar surface area (TPSA) is 50.4 Å². The van der Waals surface area contributed by atoms with E-state index in [1.165, 1.54) is 11.9 Å². The Kier molecular flexibility index (Phi) is 9.32. The van der Waals surface area contributed by atoms with Crippen LogP contribution in [0.1, 0.15) is 19.4 Å². The summed E-state index contributed by atoms with van der Waals surface area (Å²) in [7, 11) is 1.95. The first kappa shape index (κ1) is 14.6. The average molecular weight is 221 g/mol. The largest absolute Gasteiger partial charge is 0.390 e. The summed E-state index contributed by atoms with van der Waals surface area (Å²) in [5.41, 5.74) is 6.40. The van der Waals surface area contributed by atoms with Gasteiger partial charge in [-0.15, -0.1) is 0 Å². The van der Waals surface area contributed by atoms with E-state index in [-0.39, 0.29) is 0 Å². The molecule has 0 aliphatic heterocycles. The molecule has 0 aromatic heterocycles. The first-order valence-electron chi connectivity index (χ1n) is 5.62. The molecule has 0 amide bonds. The first-order valence-corrected chi connectivity index (χ1v) is 5.62. The maximum Gasteiger partial charge on any atom is 0.0797 e. The van der Waals surface area contributed by atoms with Crippen LogP contribution in [0.5, 0.6) is 0 Å². The van der Waals surface area contributed by atoms with Crippen molar-refractivity contribution in [3.8, 4) is 0 Å². The van der Waals surface area contributed by atoms with E-state index in [4.69, 9.17) is 5.73 Å². The Morgan fingerprint density at radius 2 is 1.88 bits per heavy atom. The fraction of sp³-hybridized carbons (Fsp3) is 0.462. The fourth-order valence-corrected chi connectivity index (χ4v) is 0.913. The first-order chi connectivity index (χ1) is 7.70. The molecule has 16 heavy (non-hydrogen) atoms. The Labute approximate surface area is 98.8 Å². The van der Waals surface area contributed by atoms with E-state index in [0.29, 0.717) is 6.04 Å². The van der Waals surface area contributed by atoms with Crippen LogP contribution in [0.2, 0.25) is 0 Å². The molecule has 0 fully saturated rings. The van der Waals surface area contributed by atoms with E-state index in [9.17, 15) is 0 Å². The Morgan fingerprint density at radius 3 is 2.31 bits per heavy atom. The van der Waals surface area contributed by atoms with Crippen LogP contribution in [0.25, 0.3) is 0 Å². The molecule has 3 heteroatoms. The molecule has 0 saturated carbocycles. The third-order valence-corrected chi connectivity index (χ3v) is 2.06. The predicted molar refractivity (Wildman–Crippen MR) is 71.9 cm³/mol.